The van der Waals surface area contributed by atoms with Crippen molar-refractivity contribution in [2.45, 2.75) is 12.8 Å². The van der Waals surface area contributed by atoms with E-state index in [-0.39, 0.29) is 17.7 Å². The molecule has 3 saturated heterocycles. The number of rotatable bonds is 7. The molecule has 3 aromatic rings. The number of carbonyl (C=O) groups excluding carboxylic acids is 3. The summed E-state index contributed by atoms with van der Waals surface area (Å²) in [6, 6.07) is 13.5. The van der Waals surface area contributed by atoms with Crippen LogP contribution >= 0.6 is 0 Å². The lowest BCUT2D eigenvalue weighted by molar-refractivity contribution is -0.123. The summed E-state index contributed by atoms with van der Waals surface area (Å²) in [6.45, 7) is 6.22. The molecule has 3 aliphatic heterocycles. The average molecular weight is 616 g/mol. The van der Waals surface area contributed by atoms with Crippen LogP contribution in [0.5, 0.6) is 0 Å². The van der Waals surface area contributed by atoms with Crippen molar-refractivity contribution in [1.82, 2.24) is 19.9 Å². The van der Waals surface area contributed by atoms with Crippen molar-refractivity contribution in [3.05, 3.63) is 54.1 Å². The van der Waals surface area contributed by atoms with Crippen LogP contribution in [0, 0.1) is 5.92 Å². The first-order valence-electron chi connectivity index (χ1n) is 15.2. The van der Waals surface area contributed by atoms with Gasteiger partial charge in [-0.1, -0.05) is 0 Å². The fraction of sp³-hybridized carbons (Fsp3) is 0.419. The van der Waals surface area contributed by atoms with Gasteiger partial charge in [-0.25, -0.2) is 4.79 Å². The Morgan fingerprint density at radius 2 is 1.27 bits per heavy atom. The molecule has 45 heavy (non-hydrogen) atoms. The third-order valence-electron chi connectivity index (χ3n) is 8.10. The number of morpholine rings is 2. The van der Waals surface area contributed by atoms with E-state index in [1.807, 2.05) is 12.1 Å². The molecule has 0 bridgehead atoms. The Labute approximate surface area is 260 Å². The molecule has 6 rings (SSSR count). The second-order valence-corrected chi connectivity index (χ2v) is 11.2. The lowest BCUT2D eigenvalue weighted by Crippen LogP contribution is -2.44. The number of nitrogens with two attached hydrogens (primary N) is 1. The Morgan fingerprint density at radius 3 is 1.80 bits per heavy atom. The molecule has 4 N–H and O–H groups in total. The van der Waals surface area contributed by atoms with Crippen LogP contribution in [0.2, 0.25) is 0 Å². The summed E-state index contributed by atoms with van der Waals surface area (Å²) in [7, 11) is 0. The summed E-state index contributed by atoms with van der Waals surface area (Å²) in [5.41, 5.74) is 7.84. The molecule has 14 nitrogen and oxygen atoms in total. The van der Waals surface area contributed by atoms with Gasteiger partial charge in [0.05, 0.1) is 32.3 Å². The molecular formula is C31H37N9O5. The van der Waals surface area contributed by atoms with E-state index in [9.17, 15) is 14.4 Å². The number of amides is 4. The van der Waals surface area contributed by atoms with E-state index in [1.165, 1.54) is 0 Å². The second-order valence-electron chi connectivity index (χ2n) is 11.2. The summed E-state index contributed by atoms with van der Waals surface area (Å²) in [5, 5.41) is 5.62. The molecule has 0 saturated carbocycles. The molecular weight excluding hydrogens is 578 g/mol. The van der Waals surface area contributed by atoms with Crippen LogP contribution in [0.1, 0.15) is 23.2 Å². The summed E-state index contributed by atoms with van der Waals surface area (Å²) in [4.78, 5) is 57.4. The summed E-state index contributed by atoms with van der Waals surface area (Å²) in [6.07, 6.45) is 1.43. The van der Waals surface area contributed by atoms with Gasteiger partial charge in [-0.15, -0.1) is 0 Å². The monoisotopic (exact) mass is 615 g/mol. The first kappa shape index (κ1) is 30.2. The highest BCUT2D eigenvalue weighted by atomic mass is 16.5. The van der Waals surface area contributed by atoms with Crippen molar-refractivity contribution in [3.63, 3.8) is 0 Å². The van der Waals surface area contributed by atoms with Crippen molar-refractivity contribution >= 4 is 41.1 Å². The lowest BCUT2D eigenvalue weighted by atomic mass is 9.97. The number of nitrogens with zero attached hydrogens (tertiary/aromatic N) is 6. The number of anilines is 4. The molecule has 0 spiro atoms. The predicted octanol–water partition coefficient (Wildman–Crippen LogP) is 2.19. The van der Waals surface area contributed by atoms with E-state index in [0.29, 0.717) is 107 Å². The average Bonchev–Trinajstić information content (AvgIpc) is 3.09. The van der Waals surface area contributed by atoms with Gasteiger partial charge in [0.15, 0.2) is 5.82 Å². The molecule has 1 unspecified atom stereocenters. The summed E-state index contributed by atoms with van der Waals surface area (Å²) >= 11 is 0. The quantitative estimate of drug-likeness (QED) is 0.358. The largest absolute Gasteiger partial charge is 0.378 e. The highest BCUT2D eigenvalue weighted by Crippen LogP contribution is 2.25. The Kier molecular flexibility index (Phi) is 9.31. The normalized spacial score (nSPS) is 18.8. The smallest absolute Gasteiger partial charge is 0.323 e. The fourth-order valence-corrected chi connectivity index (χ4v) is 5.56. The van der Waals surface area contributed by atoms with Crippen LogP contribution in [-0.2, 0) is 14.3 Å². The van der Waals surface area contributed by atoms with Crippen LogP contribution in [0.4, 0.5) is 28.1 Å². The van der Waals surface area contributed by atoms with Gasteiger partial charge in [-0.3, -0.25) is 9.59 Å². The molecule has 14 heteroatoms. The summed E-state index contributed by atoms with van der Waals surface area (Å²) < 4.78 is 11.0. The molecule has 236 valence electrons. The van der Waals surface area contributed by atoms with E-state index < -0.39 is 6.03 Å². The minimum atomic E-state index is -0.425. The molecule has 1 aromatic heterocycles. The number of likely N-dealkylation sites (tertiary alicyclic amines) is 1. The lowest BCUT2D eigenvalue weighted by Gasteiger charge is -2.31. The van der Waals surface area contributed by atoms with Crippen molar-refractivity contribution in [3.8, 4) is 11.4 Å². The number of hydrogen-bond acceptors (Lipinski definition) is 10. The molecule has 1 atom stereocenters. The molecule has 0 radical (unpaired) electrons. The molecule has 4 amide bonds. The van der Waals surface area contributed by atoms with E-state index in [4.69, 9.17) is 30.2 Å². The standard InChI is InChI=1S/C31H37N9O5/c32-26(41)23-2-1-11-40(20-23)28(42)22-5-9-25(10-6-22)34-31(43)33-24-7-3-21(4-8-24)27-35-29(38-12-16-44-17-13-38)37-30(36-27)39-14-18-45-19-15-39/h3-10,23H,1-2,11-20H2,(H2,32,41)(H2,33,34,43). The van der Waals surface area contributed by atoms with Crippen LogP contribution in [0.3, 0.4) is 0 Å². The Bertz CT molecular complexity index is 1470. The van der Waals surface area contributed by atoms with Crippen molar-refractivity contribution in [2.24, 2.45) is 11.7 Å². The Hall–Kier alpha value is -4.82. The number of aromatic nitrogens is 3. The number of piperidine rings is 1. The van der Waals surface area contributed by atoms with Gasteiger partial charge in [0.1, 0.15) is 0 Å². The second kappa shape index (κ2) is 13.9. The number of carbonyl (C=O) groups is 3. The van der Waals surface area contributed by atoms with E-state index in [0.717, 1.165) is 12.0 Å². The molecule has 3 fully saturated rings. The number of hydrogen-bond donors (Lipinski definition) is 3. The minimum Gasteiger partial charge on any atom is -0.378 e. The summed E-state index contributed by atoms with van der Waals surface area (Å²) in [5.74, 6) is 0.917. The topological polar surface area (TPSA) is 168 Å². The fourth-order valence-electron chi connectivity index (χ4n) is 5.56. The zero-order valence-corrected chi connectivity index (χ0v) is 25.0. The van der Waals surface area contributed by atoms with Gasteiger partial charge in [0, 0.05) is 61.8 Å². The van der Waals surface area contributed by atoms with E-state index in [2.05, 4.69) is 20.4 Å². The van der Waals surface area contributed by atoms with Gasteiger partial charge < -0.3 is 40.5 Å². The van der Waals surface area contributed by atoms with E-state index in [1.54, 1.807) is 41.3 Å². The maximum Gasteiger partial charge on any atom is 0.323 e. The van der Waals surface area contributed by atoms with Crippen molar-refractivity contribution < 1.29 is 23.9 Å². The zero-order valence-electron chi connectivity index (χ0n) is 25.0. The number of ether oxygens (including phenoxy) is 2. The maximum absolute atomic E-state index is 12.9. The van der Waals surface area contributed by atoms with Crippen molar-refractivity contribution in [2.75, 3.05) is 86.1 Å². The number of nitrogens with one attached hydrogen (secondary N) is 2. The Balaban J connectivity index is 1.09. The van der Waals surface area contributed by atoms with Crippen LogP contribution in [0.15, 0.2) is 48.5 Å². The first-order valence-corrected chi connectivity index (χ1v) is 15.2. The highest BCUT2D eigenvalue weighted by Gasteiger charge is 2.27. The van der Waals surface area contributed by atoms with Gasteiger partial charge in [-0.05, 0) is 61.4 Å². The molecule has 3 aliphatic rings. The molecule has 0 aliphatic carbocycles. The number of primary amides is 1. The van der Waals surface area contributed by atoms with Crippen LogP contribution in [0.25, 0.3) is 11.4 Å². The third kappa shape index (κ3) is 7.46. The van der Waals surface area contributed by atoms with Gasteiger partial charge in [0.2, 0.25) is 17.8 Å². The van der Waals surface area contributed by atoms with Crippen molar-refractivity contribution in [1.29, 1.82) is 0 Å². The third-order valence-corrected chi connectivity index (χ3v) is 8.10. The van der Waals surface area contributed by atoms with Gasteiger partial charge in [-0.2, -0.15) is 15.0 Å². The molecule has 4 heterocycles. The maximum atomic E-state index is 12.9. The molecule has 2 aromatic carbocycles. The van der Waals surface area contributed by atoms with Crippen LogP contribution < -0.4 is 26.2 Å². The number of urea groups is 1. The van der Waals surface area contributed by atoms with Gasteiger partial charge in [0.25, 0.3) is 5.91 Å². The predicted molar refractivity (Wildman–Crippen MR) is 168 cm³/mol. The number of benzene rings is 2. The first-order chi connectivity index (χ1) is 21.9. The van der Waals surface area contributed by atoms with Crippen LogP contribution in [-0.4, -0.2) is 103 Å². The van der Waals surface area contributed by atoms with E-state index >= 15 is 0 Å². The minimum absolute atomic E-state index is 0.163. The highest BCUT2D eigenvalue weighted by molar-refractivity contribution is 6.00. The SMILES string of the molecule is NC(=O)C1CCCN(C(=O)c2ccc(NC(=O)Nc3ccc(-c4nc(N5CCOCC5)nc(N5CCOCC5)n4)cc3)cc2)C1. The van der Waals surface area contributed by atoms with Gasteiger partial charge >= 0.3 is 6.03 Å². The zero-order chi connectivity index (χ0) is 31.2. The Morgan fingerprint density at radius 1 is 0.733 bits per heavy atom.